The predicted molar refractivity (Wildman–Crippen MR) is 78.4 cm³/mol. The molecule has 2 heterocycles. The minimum Gasteiger partial charge on any atom is -0.389 e. The molecule has 2 rings (SSSR count). The van der Waals surface area contributed by atoms with E-state index in [1.807, 2.05) is 12.1 Å². The number of aromatic nitrogens is 1. The summed E-state index contributed by atoms with van der Waals surface area (Å²) in [5.41, 5.74) is 0.877. The fourth-order valence-corrected chi connectivity index (χ4v) is 2.51. The lowest BCUT2D eigenvalue weighted by Gasteiger charge is -2.36. The SMILES string of the molecule is CC(C)CN1CCN(c2ccc([C@@H](C)O)cn2)CC1. The Hall–Kier alpha value is -1.13. The molecule has 0 spiro atoms. The van der Waals surface area contributed by atoms with E-state index in [1.54, 1.807) is 13.1 Å². The fraction of sp³-hybridized carbons (Fsp3) is 0.667. The van der Waals surface area contributed by atoms with Gasteiger partial charge in [-0.3, -0.25) is 4.90 Å². The number of rotatable bonds is 4. The third kappa shape index (κ3) is 3.91. The molecule has 0 bridgehead atoms. The van der Waals surface area contributed by atoms with Crippen molar-refractivity contribution in [3.8, 4) is 0 Å². The average molecular weight is 263 g/mol. The van der Waals surface area contributed by atoms with Crippen LogP contribution in [0.15, 0.2) is 18.3 Å². The maximum atomic E-state index is 9.48. The maximum absolute atomic E-state index is 9.48. The smallest absolute Gasteiger partial charge is 0.128 e. The Bertz CT molecular complexity index is 381. The van der Waals surface area contributed by atoms with Gasteiger partial charge in [0.15, 0.2) is 0 Å². The lowest BCUT2D eigenvalue weighted by atomic mass is 10.2. The van der Waals surface area contributed by atoms with Gasteiger partial charge in [-0.05, 0) is 24.5 Å². The first kappa shape index (κ1) is 14.3. The van der Waals surface area contributed by atoms with E-state index in [1.165, 1.54) is 6.54 Å². The van der Waals surface area contributed by atoms with E-state index in [-0.39, 0.29) is 0 Å². The van der Waals surface area contributed by atoms with Gasteiger partial charge in [-0.25, -0.2) is 4.98 Å². The number of pyridine rings is 1. The Labute approximate surface area is 116 Å². The van der Waals surface area contributed by atoms with Crippen LogP contribution in [0.1, 0.15) is 32.4 Å². The monoisotopic (exact) mass is 263 g/mol. The highest BCUT2D eigenvalue weighted by Gasteiger charge is 2.18. The third-order valence-corrected chi connectivity index (χ3v) is 3.57. The molecule has 1 N–H and O–H groups in total. The van der Waals surface area contributed by atoms with Crippen LogP contribution in [0.3, 0.4) is 0 Å². The Morgan fingerprint density at radius 1 is 1.16 bits per heavy atom. The van der Waals surface area contributed by atoms with Crippen molar-refractivity contribution in [2.75, 3.05) is 37.6 Å². The van der Waals surface area contributed by atoms with Gasteiger partial charge in [0, 0.05) is 38.9 Å². The molecule has 0 amide bonds. The van der Waals surface area contributed by atoms with Gasteiger partial charge in [0.25, 0.3) is 0 Å². The van der Waals surface area contributed by atoms with E-state index in [0.717, 1.165) is 43.5 Å². The molecule has 19 heavy (non-hydrogen) atoms. The standard InChI is InChI=1S/C15H25N3O/c1-12(2)11-17-6-8-18(9-7-17)15-5-4-14(10-16-15)13(3)19/h4-5,10,12-13,19H,6-9,11H2,1-3H3/t13-/m1/s1. The summed E-state index contributed by atoms with van der Waals surface area (Å²) in [6, 6.07) is 3.98. The molecule has 106 valence electrons. The van der Waals surface area contributed by atoms with Crippen molar-refractivity contribution >= 4 is 5.82 Å². The van der Waals surface area contributed by atoms with Crippen molar-refractivity contribution in [2.24, 2.45) is 5.92 Å². The predicted octanol–water partition coefficient (Wildman–Crippen LogP) is 1.91. The first-order valence-electron chi connectivity index (χ1n) is 7.17. The molecule has 0 aromatic carbocycles. The number of anilines is 1. The molecule has 4 nitrogen and oxygen atoms in total. The Kier molecular flexibility index (Phi) is 4.77. The van der Waals surface area contributed by atoms with Crippen LogP contribution in [0.25, 0.3) is 0 Å². The topological polar surface area (TPSA) is 39.6 Å². The summed E-state index contributed by atoms with van der Waals surface area (Å²) in [5, 5.41) is 9.48. The normalized spacial score (nSPS) is 18.9. The van der Waals surface area contributed by atoms with Crippen molar-refractivity contribution in [3.63, 3.8) is 0 Å². The zero-order chi connectivity index (χ0) is 13.8. The van der Waals surface area contributed by atoms with Crippen molar-refractivity contribution in [1.82, 2.24) is 9.88 Å². The largest absolute Gasteiger partial charge is 0.389 e. The van der Waals surface area contributed by atoms with Crippen LogP contribution >= 0.6 is 0 Å². The van der Waals surface area contributed by atoms with E-state index < -0.39 is 6.10 Å². The molecule has 1 aromatic heterocycles. The number of hydrogen-bond acceptors (Lipinski definition) is 4. The number of hydrogen-bond donors (Lipinski definition) is 1. The molecule has 1 atom stereocenters. The number of aliphatic hydroxyl groups is 1. The molecule has 0 saturated carbocycles. The molecule has 1 aromatic rings. The molecule has 0 aliphatic carbocycles. The number of piperazine rings is 1. The first-order chi connectivity index (χ1) is 9.06. The highest BCUT2D eigenvalue weighted by molar-refractivity contribution is 5.40. The van der Waals surface area contributed by atoms with Crippen molar-refractivity contribution < 1.29 is 5.11 Å². The maximum Gasteiger partial charge on any atom is 0.128 e. The van der Waals surface area contributed by atoms with Crippen molar-refractivity contribution in [2.45, 2.75) is 26.9 Å². The minimum atomic E-state index is -0.440. The van der Waals surface area contributed by atoms with Crippen LogP contribution < -0.4 is 4.90 Å². The summed E-state index contributed by atoms with van der Waals surface area (Å²) < 4.78 is 0. The van der Waals surface area contributed by atoms with E-state index in [4.69, 9.17) is 0 Å². The Balaban J connectivity index is 1.90. The first-order valence-corrected chi connectivity index (χ1v) is 7.17. The highest BCUT2D eigenvalue weighted by atomic mass is 16.3. The van der Waals surface area contributed by atoms with Crippen molar-refractivity contribution in [3.05, 3.63) is 23.9 Å². The summed E-state index contributed by atoms with van der Waals surface area (Å²) in [5.74, 6) is 1.75. The van der Waals surface area contributed by atoms with Gasteiger partial charge in [-0.15, -0.1) is 0 Å². The molecule has 1 aliphatic heterocycles. The highest BCUT2D eigenvalue weighted by Crippen LogP contribution is 2.17. The summed E-state index contributed by atoms with van der Waals surface area (Å²) in [6.45, 7) is 11.8. The van der Waals surface area contributed by atoms with E-state index in [9.17, 15) is 5.11 Å². The second kappa shape index (κ2) is 6.35. The summed E-state index contributed by atoms with van der Waals surface area (Å²) in [4.78, 5) is 9.30. The van der Waals surface area contributed by atoms with E-state index in [2.05, 4.69) is 28.6 Å². The Morgan fingerprint density at radius 2 is 1.84 bits per heavy atom. The van der Waals surface area contributed by atoms with Gasteiger partial charge in [0.2, 0.25) is 0 Å². The van der Waals surface area contributed by atoms with Crippen molar-refractivity contribution in [1.29, 1.82) is 0 Å². The van der Waals surface area contributed by atoms with Gasteiger partial charge < -0.3 is 10.0 Å². The molecule has 4 heteroatoms. The Morgan fingerprint density at radius 3 is 2.32 bits per heavy atom. The second-order valence-electron chi connectivity index (χ2n) is 5.81. The van der Waals surface area contributed by atoms with Crippen LogP contribution in [0.4, 0.5) is 5.82 Å². The third-order valence-electron chi connectivity index (χ3n) is 3.57. The molecule has 1 fully saturated rings. The zero-order valence-corrected chi connectivity index (χ0v) is 12.2. The number of aliphatic hydroxyl groups excluding tert-OH is 1. The quantitative estimate of drug-likeness (QED) is 0.901. The zero-order valence-electron chi connectivity index (χ0n) is 12.2. The van der Waals surface area contributed by atoms with Gasteiger partial charge in [0.05, 0.1) is 6.10 Å². The van der Waals surface area contributed by atoms with Gasteiger partial charge in [-0.2, -0.15) is 0 Å². The van der Waals surface area contributed by atoms with E-state index in [0.29, 0.717) is 0 Å². The molecular formula is C15H25N3O. The summed E-state index contributed by atoms with van der Waals surface area (Å²) in [7, 11) is 0. The van der Waals surface area contributed by atoms with Crippen LogP contribution in [-0.2, 0) is 0 Å². The molecule has 0 radical (unpaired) electrons. The fourth-order valence-electron chi connectivity index (χ4n) is 2.51. The van der Waals surface area contributed by atoms with Crippen LogP contribution in [0, 0.1) is 5.92 Å². The van der Waals surface area contributed by atoms with Gasteiger partial charge in [-0.1, -0.05) is 19.9 Å². The number of nitrogens with zero attached hydrogens (tertiary/aromatic N) is 3. The minimum absolute atomic E-state index is 0.440. The van der Waals surface area contributed by atoms with Gasteiger partial charge >= 0.3 is 0 Å². The van der Waals surface area contributed by atoms with Crippen LogP contribution in [0.5, 0.6) is 0 Å². The summed E-state index contributed by atoms with van der Waals surface area (Å²) in [6.07, 6.45) is 1.34. The summed E-state index contributed by atoms with van der Waals surface area (Å²) >= 11 is 0. The second-order valence-corrected chi connectivity index (χ2v) is 5.81. The van der Waals surface area contributed by atoms with Crippen LogP contribution in [-0.4, -0.2) is 47.7 Å². The molecule has 1 aliphatic rings. The lowest BCUT2D eigenvalue weighted by molar-refractivity contribution is 0.199. The van der Waals surface area contributed by atoms with Gasteiger partial charge in [0.1, 0.15) is 5.82 Å². The average Bonchev–Trinajstić information content (AvgIpc) is 2.39. The lowest BCUT2D eigenvalue weighted by Crippen LogP contribution is -2.47. The van der Waals surface area contributed by atoms with Crippen LogP contribution in [0.2, 0.25) is 0 Å². The van der Waals surface area contributed by atoms with E-state index >= 15 is 0 Å². The molecule has 0 unspecified atom stereocenters. The molecular weight excluding hydrogens is 238 g/mol. The molecule has 1 saturated heterocycles.